The molecule has 0 amide bonds. The highest BCUT2D eigenvalue weighted by Gasteiger charge is 2.33. The van der Waals surface area contributed by atoms with Crippen LogP contribution in [0.15, 0.2) is 28.7 Å². The molecule has 2 rings (SSSR count). The van der Waals surface area contributed by atoms with Crippen LogP contribution in [0.4, 0.5) is 0 Å². The molecule has 0 aromatic heterocycles. The molecule has 0 radical (unpaired) electrons. The van der Waals surface area contributed by atoms with E-state index in [9.17, 15) is 0 Å². The van der Waals surface area contributed by atoms with Crippen LogP contribution in [-0.4, -0.2) is 42.7 Å². The van der Waals surface area contributed by atoms with Gasteiger partial charge in [0.1, 0.15) is 12.4 Å². The zero-order valence-corrected chi connectivity index (χ0v) is 14.9. The van der Waals surface area contributed by atoms with E-state index in [0.29, 0.717) is 6.04 Å². The molecule has 0 aliphatic carbocycles. The summed E-state index contributed by atoms with van der Waals surface area (Å²) in [7, 11) is 0. The highest BCUT2D eigenvalue weighted by molar-refractivity contribution is 9.10. The van der Waals surface area contributed by atoms with E-state index in [1.165, 1.54) is 12.8 Å². The number of nitrogens with one attached hydrogen (secondary N) is 1. The normalized spacial score (nSPS) is 22.2. The number of nitrogens with zero attached hydrogens (tertiary/aromatic N) is 1. The van der Waals surface area contributed by atoms with Gasteiger partial charge in [-0.25, -0.2) is 0 Å². The van der Waals surface area contributed by atoms with Crippen LogP contribution in [0.5, 0.6) is 5.75 Å². The predicted molar refractivity (Wildman–Crippen MR) is 92.0 cm³/mol. The highest BCUT2D eigenvalue weighted by Crippen LogP contribution is 2.21. The number of hydrogen-bond donors (Lipinski definition) is 1. The van der Waals surface area contributed by atoms with E-state index in [-0.39, 0.29) is 5.54 Å². The summed E-state index contributed by atoms with van der Waals surface area (Å²) in [5, 5.41) is 3.67. The SMILES string of the molecule is CCCC1CN(CCOc2cccc(Br)c2)C(C)(C)CN1. The van der Waals surface area contributed by atoms with Gasteiger partial charge in [0, 0.05) is 35.7 Å². The number of rotatable bonds is 6. The molecule has 1 aromatic carbocycles. The third-order valence-corrected chi connectivity index (χ3v) is 4.68. The monoisotopic (exact) mass is 354 g/mol. The van der Waals surface area contributed by atoms with Crippen LogP contribution in [-0.2, 0) is 0 Å². The van der Waals surface area contributed by atoms with Gasteiger partial charge in [-0.1, -0.05) is 35.3 Å². The summed E-state index contributed by atoms with van der Waals surface area (Å²) in [6.07, 6.45) is 2.49. The highest BCUT2D eigenvalue weighted by atomic mass is 79.9. The van der Waals surface area contributed by atoms with Gasteiger partial charge in [0.05, 0.1) is 0 Å². The molecule has 0 spiro atoms. The number of hydrogen-bond acceptors (Lipinski definition) is 3. The fourth-order valence-corrected chi connectivity index (χ4v) is 3.23. The van der Waals surface area contributed by atoms with Crippen molar-refractivity contribution in [3.63, 3.8) is 0 Å². The topological polar surface area (TPSA) is 24.5 Å². The first-order valence-electron chi connectivity index (χ1n) is 7.88. The predicted octanol–water partition coefficient (Wildman–Crippen LogP) is 3.68. The van der Waals surface area contributed by atoms with E-state index in [4.69, 9.17) is 4.74 Å². The summed E-state index contributed by atoms with van der Waals surface area (Å²) in [6.45, 7) is 10.7. The van der Waals surface area contributed by atoms with Crippen LogP contribution in [0.2, 0.25) is 0 Å². The second-order valence-corrected chi connectivity index (χ2v) is 7.35. The summed E-state index contributed by atoms with van der Waals surface area (Å²) < 4.78 is 6.95. The Balaban J connectivity index is 1.84. The molecule has 1 aromatic rings. The lowest BCUT2D eigenvalue weighted by Crippen LogP contribution is -2.62. The van der Waals surface area contributed by atoms with E-state index in [1.807, 2.05) is 24.3 Å². The second-order valence-electron chi connectivity index (χ2n) is 6.43. The van der Waals surface area contributed by atoms with E-state index < -0.39 is 0 Å². The van der Waals surface area contributed by atoms with Crippen molar-refractivity contribution in [2.45, 2.75) is 45.2 Å². The van der Waals surface area contributed by atoms with E-state index in [2.05, 4.69) is 46.9 Å². The van der Waals surface area contributed by atoms with Crippen LogP contribution in [0.25, 0.3) is 0 Å². The molecule has 1 fully saturated rings. The summed E-state index contributed by atoms with van der Waals surface area (Å²) in [5.41, 5.74) is 0.199. The molecule has 0 bridgehead atoms. The molecule has 1 unspecified atom stereocenters. The van der Waals surface area contributed by atoms with Gasteiger partial charge in [-0.15, -0.1) is 0 Å². The smallest absolute Gasteiger partial charge is 0.120 e. The number of piperazine rings is 1. The number of benzene rings is 1. The first-order chi connectivity index (χ1) is 10.0. The molecular weight excluding hydrogens is 328 g/mol. The van der Waals surface area contributed by atoms with Gasteiger partial charge in [-0.05, 0) is 38.5 Å². The van der Waals surface area contributed by atoms with Gasteiger partial charge in [0.25, 0.3) is 0 Å². The van der Waals surface area contributed by atoms with Crippen molar-refractivity contribution in [3.05, 3.63) is 28.7 Å². The van der Waals surface area contributed by atoms with Gasteiger partial charge in [-0.2, -0.15) is 0 Å². The van der Waals surface area contributed by atoms with Crippen molar-refractivity contribution >= 4 is 15.9 Å². The minimum Gasteiger partial charge on any atom is -0.492 e. The van der Waals surface area contributed by atoms with Gasteiger partial charge >= 0.3 is 0 Å². The maximum absolute atomic E-state index is 5.89. The average molecular weight is 355 g/mol. The summed E-state index contributed by atoms with van der Waals surface area (Å²) in [4.78, 5) is 2.56. The molecule has 1 aliphatic heterocycles. The largest absolute Gasteiger partial charge is 0.492 e. The lowest BCUT2D eigenvalue weighted by molar-refractivity contribution is 0.0509. The minimum atomic E-state index is 0.199. The third kappa shape index (κ3) is 4.97. The Hall–Kier alpha value is -0.580. The van der Waals surface area contributed by atoms with Crippen LogP contribution < -0.4 is 10.1 Å². The molecule has 1 atom stereocenters. The second kappa shape index (κ2) is 7.61. The van der Waals surface area contributed by atoms with Crippen molar-refractivity contribution in [1.29, 1.82) is 0 Å². The fraction of sp³-hybridized carbons (Fsp3) is 0.647. The van der Waals surface area contributed by atoms with Crippen molar-refractivity contribution in [1.82, 2.24) is 10.2 Å². The van der Waals surface area contributed by atoms with Crippen molar-refractivity contribution in [2.75, 3.05) is 26.2 Å². The standard InChI is InChI=1S/C17H27BrN2O/c1-4-6-15-12-20(17(2,3)13-19-15)9-10-21-16-8-5-7-14(18)11-16/h5,7-8,11,15,19H,4,6,9-10,12-13H2,1-3H3. The Kier molecular flexibility index (Phi) is 6.08. The van der Waals surface area contributed by atoms with Crippen molar-refractivity contribution in [2.24, 2.45) is 0 Å². The maximum Gasteiger partial charge on any atom is 0.120 e. The van der Waals surface area contributed by atoms with Crippen LogP contribution in [0.1, 0.15) is 33.6 Å². The molecule has 118 valence electrons. The molecule has 1 heterocycles. The summed E-state index contributed by atoms with van der Waals surface area (Å²) in [5.74, 6) is 0.933. The summed E-state index contributed by atoms with van der Waals surface area (Å²) >= 11 is 3.48. The number of ether oxygens (including phenoxy) is 1. The molecule has 0 saturated carbocycles. The minimum absolute atomic E-state index is 0.199. The van der Waals surface area contributed by atoms with Crippen molar-refractivity contribution in [3.8, 4) is 5.75 Å². The van der Waals surface area contributed by atoms with Crippen LogP contribution >= 0.6 is 15.9 Å². The van der Waals surface area contributed by atoms with Crippen LogP contribution in [0, 0.1) is 0 Å². The zero-order valence-electron chi connectivity index (χ0n) is 13.4. The third-order valence-electron chi connectivity index (χ3n) is 4.18. The molecular formula is C17H27BrN2O. The van der Waals surface area contributed by atoms with Gasteiger partial charge in [0.2, 0.25) is 0 Å². The fourth-order valence-electron chi connectivity index (χ4n) is 2.85. The molecule has 4 heteroatoms. The first kappa shape index (κ1) is 16.8. The van der Waals surface area contributed by atoms with E-state index >= 15 is 0 Å². The molecule has 21 heavy (non-hydrogen) atoms. The zero-order chi connectivity index (χ0) is 15.3. The van der Waals surface area contributed by atoms with E-state index in [1.54, 1.807) is 0 Å². The van der Waals surface area contributed by atoms with Crippen LogP contribution in [0.3, 0.4) is 0 Å². The Bertz CT molecular complexity index is 450. The van der Waals surface area contributed by atoms with Crippen molar-refractivity contribution < 1.29 is 4.74 Å². The van der Waals surface area contributed by atoms with Gasteiger partial charge in [0.15, 0.2) is 0 Å². The Morgan fingerprint density at radius 2 is 2.24 bits per heavy atom. The Morgan fingerprint density at radius 1 is 1.43 bits per heavy atom. The lowest BCUT2D eigenvalue weighted by Gasteiger charge is -2.46. The number of halogens is 1. The lowest BCUT2D eigenvalue weighted by atomic mass is 9.96. The molecule has 3 nitrogen and oxygen atoms in total. The Labute approximate surface area is 137 Å². The molecule has 1 aliphatic rings. The first-order valence-corrected chi connectivity index (χ1v) is 8.67. The van der Waals surface area contributed by atoms with Gasteiger partial charge in [-0.3, -0.25) is 4.90 Å². The maximum atomic E-state index is 5.89. The quantitative estimate of drug-likeness (QED) is 0.843. The van der Waals surface area contributed by atoms with Gasteiger partial charge < -0.3 is 10.1 Å². The Morgan fingerprint density at radius 3 is 2.95 bits per heavy atom. The summed E-state index contributed by atoms with van der Waals surface area (Å²) in [6, 6.07) is 8.66. The van der Waals surface area contributed by atoms with E-state index in [0.717, 1.165) is 36.5 Å². The average Bonchev–Trinajstić information content (AvgIpc) is 2.43. The molecule has 1 saturated heterocycles. The molecule has 1 N–H and O–H groups in total.